The molecule has 136 valence electrons. The highest BCUT2D eigenvalue weighted by atomic mass is 32.2. The number of thioether (sulfide) groups is 1. The topological polar surface area (TPSA) is 62.0 Å². The van der Waals surface area contributed by atoms with Crippen LogP contribution in [-0.4, -0.2) is 41.7 Å². The molecule has 0 saturated heterocycles. The number of ether oxygens (including phenoxy) is 1. The molecule has 1 aliphatic rings. The lowest BCUT2D eigenvalue weighted by Crippen LogP contribution is -2.28. The molecule has 0 N–H and O–H groups in total. The standard InChI is InChI=1S/C20H24N4OS/c1-3-25-20-17(14-21)19(22-18(23-20)10-13-26-2)24-11-8-15-6-4-5-7-16(15)9-12-24/h4-7H,3,8-13H2,1-2H3. The van der Waals surface area contributed by atoms with Crippen LogP contribution in [0.4, 0.5) is 5.82 Å². The van der Waals surface area contributed by atoms with Crippen molar-refractivity contribution >= 4 is 17.6 Å². The minimum Gasteiger partial charge on any atom is -0.477 e. The lowest BCUT2D eigenvalue weighted by molar-refractivity contribution is 0.324. The monoisotopic (exact) mass is 368 g/mol. The zero-order valence-corrected chi connectivity index (χ0v) is 16.2. The molecule has 0 spiro atoms. The van der Waals surface area contributed by atoms with E-state index in [9.17, 15) is 5.26 Å². The third-order valence-electron chi connectivity index (χ3n) is 4.55. The molecule has 0 amide bonds. The fourth-order valence-corrected chi connectivity index (χ4v) is 3.61. The number of nitriles is 1. The van der Waals surface area contributed by atoms with Crippen LogP contribution in [0.15, 0.2) is 24.3 Å². The Bertz CT molecular complexity index is 776. The maximum Gasteiger partial charge on any atom is 0.237 e. The van der Waals surface area contributed by atoms with Crippen LogP contribution in [-0.2, 0) is 19.3 Å². The van der Waals surface area contributed by atoms with Crippen molar-refractivity contribution < 1.29 is 4.74 Å². The van der Waals surface area contributed by atoms with Crippen molar-refractivity contribution in [2.75, 3.05) is 36.6 Å². The van der Waals surface area contributed by atoms with Gasteiger partial charge in [-0.3, -0.25) is 0 Å². The Balaban J connectivity index is 1.94. The van der Waals surface area contributed by atoms with Crippen LogP contribution >= 0.6 is 11.8 Å². The first kappa shape index (κ1) is 18.5. The highest BCUT2D eigenvalue weighted by Crippen LogP contribution is 2.28. The van der Waals surface area contributed by atoms with Crippen LogP contribution < -0.4 is 9.64 Å². The van der Waals surface area contributed by atoms with E-state index < -0.39 is 0 Å². The second kappa shape index (κ2) is 8.91. The summed E-state index contributed by atoms with van der Waals surface area (Å²) in [5.74, 6) is 2.83. The highest BCUT2D eigenvalue weighted by molar-refractivity contribution is 7.98. The summed E-state index contributed by atoms with van der Waals surface area (Å²) in [6, 6.07) is 10.8. The fourth-order valence-electron chi connectivity index (χ4n) is 3.22. The SMILES string of the molecule is CCOc1nc(CCSC)nc(N2CCc3ccccc3CC2)c1C#N. The maximum atomic E-state index is 9.73. The molecule has 0 saturated carbocycles. The van der Waals surface area contributed by atoms with E-state index in [0.717, 1.165) is 49.7 Å². The first-order chi connectivity index (χ1) is 12.8. The summed E-state index contributed by atoms with van der Waals surface area (Å²) in [5, 5.41) is 9.73. The molecular weight excluding hydrogens is 344 g/mol. The van der Waals surface area contributed by atoms with Crippen molar-refractivity contribution in [2.24, 2.45) is 0 Å². The van der Waals surface area contributed by atoms with Gasteiger partial charge in [0.1, 0.15) is 11.9 Å². The largest absolute Gasteiger partial charge is 0.477 e. The molecule has 0 bridgehead atoms. The van der Waals surface area contributed by atoms with Crippen LogP contribution in [0.25, 0.3) is 0 Å². The molecule has 3 rings (SSSR count). The molecule has 1 aromatic heterocycles. The molecule has 0 atom stereocenters. The predicted molar refractivity (Wildman–Crippen MR) is 106 cm³/mol. The maximum absolute atomic E-state index is 9.73. The van der Waals surface area contributed by atoms with Crippen LogP contribution in [0.2, 0.25) is 0 Å². The number of hydrogen-bond donors (Lipinski definition) is 0. The lowest BCUT2D eigenvalue weighted by Gasteiger charge is -2.23. The van der Waals surface area contributed by atoms with E-state index in [2.05, 4.69) is 46.5 Å². The first-order valence-electron chi connectivity index (χ1n) is 9.01. The lowest BCUT2D eigenvalue weighted by atomic mass is 10.0. The van der Waals surface area contributed by atoms with Crippen LogP contribution in [0.1, 0.15) is 29.4 Å². The van der Waals surface area contributed by atoms with E-state index in [1.165, 1.54) is 11.1 Å². The number of fused-ring (bicyclic) bond motifs is 1. The van der Waals surface area contributed by atoms with E-state index >= 15 is 0 Å². The smallest absolute Gasteiger partial charge is 0.237 e. The van der Waals surface area contributed by atoms with E-state index in [1.54, 1.807) is 11.8 Å². The van der Waals surface area contributed by atoms with Crippen LogP contribution in [0.5, 0.6) is 5.88 Å². The zero-order chi connectivity index (χ0) is 18.4. The van der Waals surface area contributed by atoms with E-state index in [0.29, 0.717) is 18.1 Å². The van der Waals surface area contributed by atoms with Crippen LogP contribution in [0.3, 0.4) is 0 Å². The average molecular weight is 369 g/mol. The van der Waals surface area contributed by atoms with Gasteiger partial charge in [-0.2, -0.15) is 22.0 Å². The second-order valence-corrected chi connectivity index (χ2v) is 7.17. The van der Waals surface area contributed by atoms with Crippen molar-refractivity contribution in [1.29, 1.82) is 5.26 Å². The molecule has 2 aromatic rings. The number of benzene rings is 1. The summed E-state index contributed by atoms with van der Waals surface area (Å²) in [4.78, 5) is 11.5. The van der Waals surface area contributed by atoms with Crippen molar-refractivity contribution in [3.05, 3.63) is 46.8 Å². The van der Waals surface area contributed by atoms with E-state index in [4.69, 9.17) is 9.72 Å². The summed E-state index contributed by atoms with van der Waals surface area (Å²) < 4.78 is 5.67. The van der Waals surface area contributed by atoms with Gasteiger partial charge in [-0.05, 0) is 37.1 Å². The summed E-state index contributed by atoms with van der Waals surface area (Å²) in [6.45, 7) is 4.08. The number of rotatable bonds is 6. The Kier molecular flexibility index (Phi) is 6.35. The van der Waals surface area contributed by atoms with Gasteiger partial charge in [-0.1, -0.05) is 24.3 Å². The Morgan fingerprint density at radius 3 is 2.46 bits per heavy atom. The third kappa shape index (κ3) is 4.10. The molecule has 1 aromatic carbocycles. The summed E-state index contributed by atoms with van der Waals surface area (Å²) in [6.07, 6.45) is 4.75. The number of aryl methyl sites for hydroxylation is 1. The van der Waals surface area contributed by atoms with Gasteiger partial charge in [0.15, 0.2) is 11.4 Å². The van der Waals surface area contributed by atoms with Gasteiger partial charge in [-0.15, -0.1) is 0 Å². The Morgan fingerprint density at radius 1 is 1.19 bits per heavy atom. The molecule has 26 heavy (non-hydrogen) atoms. The first-order valence-corrected chi connectivity index (χ1v) is 10.4. The molecular formula is C20H24N4OS. The third-order valence-corrected chi connectivity index (χ3v) is 5.16. The van der Waals surface area contributed by atoms with Crippen molar-refractivity contribution in [1.82, 2.24) is 9.97 Å². The molecule has 0 radical (unpaired) electrons. The number of anilines is 1. The van der Waals surface area contributed by atoms with Gasteiger partial charge in [-0.25, -0.2) is 4.98 Å². The summed E-state index contributed by atoms with van der Waals surface area (Å²) in [5.41, 5.74) is 3.22. The van der Waals surface area contributed by atoms with Gasteiger partial charge in [0.05, 0.1) is 6.61 Å². The van der Waals surface area contributed by atoms with Crippen molar-refractivity contribution in [3.63, 3.8) is 0 Å². The summed E-state index contributed by atoms with van der Waals surface area (Å²) in [7, 11) is 0. The average Bonchev–Trinajstić information content (AvgIpc) is 2.89. The summed E-state index contributed by atoms with van der Waals surface area (Å²) >= 11 is 1.76. The van der Waals surface area contributed by atoms with Gasteiger partial charge >= 0.3 is 0 Å². The van der Waals surface area contributed by atoms with Gasteiger partial charge < -0.3 is 9.64 Å². The second-order valence-electron chi connectivity index (χ2n) is 6.19. The quantitative estimate of drug-likeness (QED) is 0.780. The Morgan fingerprint density at radius 2 is 1.88 bits per heavy atom. The molecule has 6 heteroatoms. The van der Waals surface area contributed by atoms with Gasteiger partial charge in [0, 0.05) is 25.3 Å². The number of nitrogens with zero attached hydrogens (tertiary/aromatic N) is 4. The van der Waals surface area contributed by atoms with E-state index in [-0.39, 0.29) is 0 Å². The molecule has 1 aliphatic heterocycles. The molecule has 0 fully saturated rings. The van der Waals surface area contributed by atoms with Crippen LogP contribution in [0, 0.1) is 11.3 Å². The van der Waals surface area contributed by atoms with Crippen molar-refractivity contribution in [3.8, 4) is 11.9 Å². The molecule has 2 heterocycles. The van der Waals surface area contributed by atoms with Gasteiger partial charge in [0.25, 0.3) is 0 Å². The zero-order valence-electron chi connectivity index (χ0n) is 15.4. The minimum atomic E-state index is 0.415. The normalized spacial score (nSPS) is 13.7. The van der Waals surface area contributed by atoms with Gasteiger partial charge in [0.2, 0.25) is 5.88 Å². The molecule has 5 nitrogen and oxygen atoms in total. The molecule has 0 aliphatic carbocycles. The highest BCUT2D eigenvalue weighted by Gasteiger charge is 2.22. The fraction of sp³-hybridized carbons (Fsp3) is 0.450. The Hall–Kier alpha value is -2.26. The molecule has 0 unspecified atom stereocenters. The number of hydrogen-bond acceptors (Lipinski definition) is 6. The predicted octanol–water partition coefficient (Wildman–Crippen LogP) is 3.26. The minimum absolute atomic E-state index is 0.415. The van der Waals surface area contributed by atoms with E-state index in [1.807, 2.05) is 6.92 Å². The number of aromatic nitrogens is 2. The Labute approximate surface area is 159 Å². The van der Waals surface area contributed by atoms with Crippen molar-refractivity contribution in [2.45, 2.75) is 26.2 Å².